The van der Waals surface area contributed by atoms with Gasteiger partial charge in [0.2, 0.25) is 0 Å². The highest BCUT2D eigenvalue weighted by Gasteiger charge is 2.10. The van der Waals surface area contributed by atoms with Gasteiger partial charge in [0.25, 0.3) is 0 Å². The molecule has 0 aliphatic rings. The number of hydrogen-bond acceptors (Lipinski definition) is 5. The summed E-state index contributed by atoms with van der Waals surface area (Å²) in [7, 11) is 0. The van der Waals surface area contributed by atoms with Crippen LogP contribution in [0.25, 0.3) is 0 Å². The molecule has 1 unspecified atom stereocenters. The van der Waals surface area contributed by atoms with Gasteiger partial charge < -0.3 is 11.1 Å². The Morgan fingerprint density at radius 1 is 1.33 bits per heavy atom. The molecule has 18 heavy (non-hydrogen) atoms. The van der Waals surface area contributed by atoms with Crippen molar-refractivity contribution in [2.24, 2.45) is 5.73 Å². The summed E-state index contributed by atoms with van der Waals surface area (Å²) in [6.07, 6.45) is 6.57. The smallest absolute Gasteiger partial charge is 0.140 e. The van der Waals surface area contributed by atoms with E-state index in [9.17, 15) is 0 Å². The van der Waals surface area contributed by atoms with Crippen molar-refractivity contribution in [1.29, 1.82) is 0 Å². The molecule has 0 amide bonds. The van der Waals surface area contributed by atoms with Gasteiger partial charge in [-0.2, -0.15) is 0 Å². The minimum atomic E-state index is 0.0796. The van der Waals surface area contributed by atoms with Gasteiger partial charge in [0.15, 0.2) is 0 Å². The van der Waals surface area contributed by atoms with E-state index in [1.807, 2.05) is 19.1 Å². The second-order valence-electron chi connectivity index (χ2n) is 3.80. The van der Waals surface area contributed by atoms with Gasteiger partial charge >= 0.3 is 0 Å². The first-order chi connectivity index (χ1) is 8.68. The van der Waals surface area contributed by atoms with Gasteiger partial charge in [0.05, 0.1) is 11.6 Å². The van der Waals surface area contributed by atoms with Crippen LogP contribution in [0.1, 0.15) is 24.1 Å². The van der Waals surface area contributed by atoms with E-state index in [0.29, 0.717) is 11.4 Å². The number of hydrogen-bond donors (Lipinski definition) is 2. The number of pyridine rings is 1. The maximum absolute atomic E-state index is 5.63. The van der Waals surface area contributed by atoms with Gasteiger partial charge in [-0.25, -0.2) is 9.97 Å². The fraction of sp³-hybridized carbons (Fsp3) is 0.167. The summed E-state index contributed by atoms with van der Waals surface area (Å²) >= 11 is 4.97. The van der Waals surface area contributed by atoms with Crippen LogP contribution in [-0.4, -0.2) is 19.9 Å². The lowest BCUT2D eigenvalue weighted by Crippen LogP contribution is -2.16. The third kappa shape index (κ3) is 2.78. The van der Waals surface area contributed by atoms with E-state index in [1.165, 1.54) is 6.33 Å². The van der Waals surface area contributed by atoms with Crippen LogP contribution in [0.5, 0.6) is 0 Å². The van der Waals surface area contributed by atoms with Gasteiger partial charge in [-0.15, -0.1) is 0 Å². The van der Waals surface area contributed by atoms with Crippen LogP contribution in [0.15, 0.2) is 37.1 Å². The second-order valence-corrected chi connectivity index (χ2v) is 4.24. The van der Waals surface area contributed by atoms with E-state index in [-0.39, 0.29) is 11.0 Å². The van der Waals surface area contributed by atoms with Crippen molar-refractivity contribution in [2.45, 2.75) is 13.0 Å². The molecule has 2 heterocycles. The zero-order valence-electron chi connectivity index (χ0n) is 9.87. The van der Waals surface area contributed by atoms with Crippen LogP contribution < -0.4 is 11.1 Å². The minimum Gasteiger partial charge on any atom is -0.389 e. The van der Waals surface area contributed by atoms with Crippen molar-refractivity contribution in [2.75, 3.05) is 5.32 Å². The Morgan fingerprint density at radius 2 is 2.06 bits per heavy atom. The Morgan fingerprint density at radius 3 is 2.72 bits per heavy atom. The lowest BCUT2D eigenvalue weighted by molar-refractivity contribution is 0.867. The van der Waals surface area contributed by atoms with E-state index < -0.39 is 0 Å². The molecule has 0 aliphatic heterocycles. The third-order valence-corrected chi connectivity index (χ3v) is 2.76. The Labute approximate surface area is 110 Å². The molecule has 0 saturated heterocycles. The zero-order chi connectivity index (χ0) is 13.0. The molecule has 0 radical (unpaired) electrons. The number of thiocarbonyl (C=S) groups is 1. The summed E-state index contributed by atoms with van der Waals surface area (Å²) in [5.41, 5.74) is 7.39. The molecule has 6 heteroatoms. The summed E-state index contributed by atoms with van der Waals surface area (Å²) in [5, 5.41) is 3.26. The molecule has 2 aromatic rings. The maximum atomic E-state index is 5.63. The van der Waals surface area contributed by atoms with Crippen molar-refractivity contribution in [3.63, 3.8) is 0 Å². The summed E-state index contributed by atoms with van der Waals surface area (Å²) < 4.78 is 0. The molecule has 5 nitrogen and oxygen atoms in total. The standard InChI is InChI=1S/C12H13N5S/c1-8(9-2-4-14-5-3-9)17-12-10(11(13)18)6-15-7-16-12/h2-8H,1H3,(H2,13,18)(H,15,16,17). The normalized spacial score (nSPS) is 11.8. The summed E-state index contributed by atoms with van der Waals surface area (Å²) in [6, 6.07) is 3.97. The monoisotopic (exact) mass is 259 g/mol. The molecule has 0 aromatic carbocycles. The van der Waals surface area contributed by atoms with Crippen molar-refractivity contribution >= 4 is 23.0 Å². The third-order valence-electron chi connectivity index (χ3n) is 2.54. The van der Waals surface area contributed by atoms with Crippen LogP contribution in [0, 0.1) is 0 Å². The fourth-order valence-corrected chi connectivity index (χ4v) is 1.71. The highest BCUT2D eigenvalue weighted by atomic mass is 32.1. The average Bonchev–Trinajstić information content (AvgIpc) is 2.40. The number of rotatable bonds is 4. The molecule has 92 valence electrons. The van der Waals surface area contributed by atoms with Gasteiger partial charge in [-0.05, 0) is 24.6 Å². The van der Waals surface area contributed by atoms with E-state index in [2.05, 4.69) is 20.3 Å². The summed E-state index contributed by atoms with van der Waals surface area (Å²) in [6.45, 7) is 2.03. The number of nitrogens with one attached hydrogen (secondary N) is 1. The van der Waals surface area contributed by atoms with Gasteiger partial charge in [-0.3, -0.25) is 4.98 Å². The maximum Gasteiger partial charge on any atom is 0.140 e. The predicted octanol–water partition coefficient (Wildman–Crippen LogP) is 1.68. The van der Waals surface area contributed by atoms with Crippen LogP contribution in [0.2, 0.25) is 0 Å². The van der Waals surface area contributed by atoms with Gasteiger partial charge in [-0.1, -0.05) is 12.2 Å². The Bertz CT molecular complexity index is 543. The molecular weight excluding hydrogens is 246 g/mol. The van der Waals surface area contributed by atoms with Crippen LogP contribution in [-0.2, 0) is 0 Å². The van der Waals surface area contributed by atoms with Crippen molar-refractivity contribution in [3.8, 4) is 0 Å². The Hall–Kier alpha value is -2.08. The van der Waals surface area contributed by atoms with E-state index in [0.717, 1.165) is 5.56 Å². The molecule has 0 fully saturated rings. The lowest BCUT2D eigenvalue weighted by Gasteiger charge is -2.16. The van der Waals surface area contributed by atoms with Crippen LogP contribution in [0.4, 0.5) is 5.82 Å². The number of nitrogens with zero attached hydrogens (tertiary/aromatic N) is 3. The second kappa shape index (κ2) is 5.50. The topological polar surface area (TPSA) is 76.7 Å². The Kier molecular flexibility index (Phi) is 3.78. The number of anilines is 1. The SMILES string of the molecule is CC(Nc1ncncc1C(N)=S)c1ccncc1. The average molecular weight is 259 g/mol. The van der Waals surface area contributed by atoms with E-state index in [4.69, 9.17) is 18.0 Å². The molecule has 2 aromatic heterocycles. The zero-order valence-corrected chi connectivity index (χ0v) is 10.7. The predicted molar refractivity (Wildman–Crippen MR) is 74.2 cm³/mol. The number of nitrogens with two attached hydrogens (primary N) is 1. The molecule has 3 N–H and O–H groups in total. The molecule has 0 saturated carbocycles. The fourth-order valence-electron chi connectivity index (χ4n) is 1.57. The Balaban J connectivity index is 2.22. The lowest BCUT2D eigenvalue weighted by atomic mass is 10.1. The molecule has 2 rings (SSSR count). The van der Waals surface area contributed by atoms with Crippen molar-refractivity contribution in [3.05, 3.63) is 48.2 Å². The highest BCUT2D eigenvalue weighted by Crippen LogP contribution is 2.19. The quantitative estimate of drug-likeness (QED) is 0.813. The molecular formula is C12H13N5S. The van der Waals surface area contributed by atoms with Crippen LogP contribution in [0.3, 0.4) is 0 Å². The van der Waals surface area contributed by atoms with E-state index >= 15 is 0 Å². The van der Waals surface area contributed by atoms with Gasteiger partial charge in [0, 0.05) is 18.6 Å². The summed E-state index contributed by atoms with van der Waals surface area (Å²) in [5.74, 6) is 0.641. The van der Waals surface area contributed by atoms with Crippen LogP contribution >= 0.6 is 12.2 Å². The minimum absolute atomic E-state index is 0.0796. The first-order valence-corrected chi connectivity index (χ1v) is 5.85. The first-order valence-electron chi connectivity index (χ1n) is 5.44. The first kappa shape index (κ1) is 12.4. The van der Waals surface area contributed by atoms with Gasteiger partial charge in [0.1, 0.15) is 17.1 Å². The summed E-state index contributed by atoms with van der Waals surface area (Å²) in [4.78, 5) is 12.3. The molecule has 0 spiro atoms. The highest BCUT2D eigenvalue weighted by molar-refractivity contribution is 7.80. The molecule has 0 bridgehead atoms. The van der Waals surface area contributed by atoms with E-state index in [1.54, 1.807) is 18.6 Å². The van der Waals surface area contributed by atoms with Crippen molar-refractivity contribution < 1.29 is 0 Å². The molecule has 0 aliphatic carbocycles. The largest absolute Gasteiger partial charge is 0.389 e. The molecule has 1 atom stereocenters. The number of aromatic nitrogens is 3. The van der Waals surface area contributed by atoms with Crippen molar-refractivity contribution in [1.82, 2.24) is 15.0 Å².